The molecule has 2 aromatic carbocycles. The van der Waals surface area contributed by atoms with Gasteiger partial charge in [-0.2, -0.15) is 5.10 Å². The Hall–Kier alpha value is -3.06. The van der Waals surface area contributed by atoms with Gasteiger partial charge in [-0.3, -0.25) is 0 Å². The number of hydrogen-bond donors (Lipinski definition) is 0. The summed E-state index contributed by atoms with van der Waals surface area (Å²) in [6.07, 6.45) is 4.46. The Bertz CT molecular complexity index is 1160. The number of hydrogen-bond acceptors (Lipinski definition) is 6. The molecule has 0 radical (unpaired) electrons. The van der Waals surface area contributed by atoms with Crippen LogP contribution >= 0.6 is 11.3 Å². The average molecular weight is 452 g/mol. The summed E-state index contributed by atoms with van der Waals surface area (Å²) >= 11 is 1.56. The zero-order valence-corrected chi connectivity index (χ0v) is 19.8. The molecule has 0 amide bonds. The summed E-state index contributed by atoms with van der Waals surface area (Å²) in [5.74, 6) is 3.00. The number of benzene rings is 2. The maximum absolute atomic E-state index is 5.66. The Balaban J connectivity index is 1.87. The third-order valence-electron chi connectivity index (χ3n) is 5.65. The summed E-state index contributed by atoms with van der Waals surface area (Å²) in [5.41, 5.74) is 3.92. The lowest BCUT2D eigenvalue weighted by Gasteiger charge is -2.19. The molecule has 4 rings (SSSR count). The molecule has 1 saturated carbocycles. The van der Waals surface area contributed by atoms with Crippen LogP contribution in [-0.4, -0.2) is 31.7 Å². The lowest BCUT2D eigenvalue weighted by atomic mass is 9.89. The zero-order valence-electron chi connectivity index (χ0n) is 19.0. The van der Waals surface area contributed by atoms with Gasteiger partial charge >= 0.3 is 0 Å². The van der Waals surface area contributed by atoms with E-state index in [4.69, 9.17) is 24.3 Å². The molecule has 6 nitrogen and oxygen atoms in total. The number of ether oxygens (including phenoxy) is 3. The first kappa shape index (κ1) is 22.1. The van der Waals surface area contributed by atoms with Crippen LogP contribution in [0, 0.1) is 5.92 Å². The van der Waals surface area contributed by atoms with Crippen molar-refractivity contribution < 1.29 is 14.2 Å². The SMILES string of the molecule is COc1ccc(N=c2scc(-c3cc(OC)ccc3OC)n2N=C2CCCC(C)C2)cc1. The van der Waals surface area contributed by atoms with Gasteiger partial charge in [-0.15, -0.1) is 11.3 Å². The van der Waals surface area contributed by atoms with Gasteiger partial charge in [0.2, 0.25) is 4.80 Å². The van der Waals surface area contributed by atoms with Gasteiger partial charge in [0.1, 0.15) is 17.2 Å². The van der Waals surface area contributed by atoms with Crippen molar-refractivity contribution >= 4 is 22.7 Å². The summed E-state index contributed by atoms with van der Waals surface area (Å²) in [4.78, 5) is 5.70. The molecule has 1 atom stereocenters. The largest absolute Gasteiger partial charge is 0.497 e. The summed E-state index contributed by atoms with van der Waals surface area (Å²) in [5, 5.41) is 7.17. The van der Waals surface area contributed by atoms with E-state index in [1.165, 1.54) is 18.6 Å². The number of rotatable bonds is 6. The highest BCUT2D eigenvalue weighted by Gasteiger charge is 2.18. The van der Waals surface area contributed by atoms with Crippen LogP contribution in [0.3, 0.4) is 0 Å². The molecule has 7 heteroatoms. The third kappa shape index (κ3) is 4.88. The fourth-order valence-corrected chi connectivity index (χ4v) is 4.77. The highest BCUT2D eigenvalue weighted by molar-refractivity contribution is 7.07. The van der Waals surface area contributed by atoms with Gasteiger partial charge in [-0.25, -0.2) is 9.67 Å². The molecule has 1 aliphatic carbocycles. The van der Waals surface area contributed by atoms with Gasteiger partial charge in [-0.05, 0) is 74.1 Å². The summed E-state index contributed by atoms with van der Waals surface area (Å²) < 4.78 is 18.4. The first-order valence-corrected chi connectivity index (χ1v) is 11.7. The third-order valence-corrected chi connectivity index (χ3v) is 6.47. The Morgan fingerprint density at radius 1 is 0.969 bits per heavy atom. The Morgan fingerprint density at radius 2 is 1.72 bits per heavy atom. The number of aromatic nitrogens is 1. The van der Waals surface area contributed by atoms with Crippen molar-refractivity contribution in [1.82, 2.24) is 4.68 Å². The number of methoxy groups -OCH3 is 3. The van der Waals surface area contributed by atoms with E-state index >= 15 is 0 Å². The monoisotopic (exact) mass is 451 g/mol. The van der Waals surface area contributed by atoms with Gasteiger partial charge in [0.25, 0.3) is 0 Å². The minimum atomic E-state index is 0.651. The van der Waals surface area contributed by atoms with Crippen molar-refractivity contribution in [3.63, 3.8) is 0 Å². The molecule has 3 aromatic rings. The number of nitrogens with zero attached hydrogens (tertiary/aromatic N) is 3. The molecule has 0 spiro atoms. The normalized spacial score (nSPS) is 18.1. The zero-order chi connectivity index (χ0) is 22.5. The van der Waals surface area contributed by atoms with Crippen LogP contribution in [0.5, 0.6) is 17.2 Å². The van der Waals surface area contributed by atoms with Crippen LogP contribution in [0.1, 0.15) is 32.6 Å². The van der Waals surface area contributed by atoms with Gasteiger partial charge in [-0.1, -0.05) is 6.92 Å². The maximum Gasteiger partial charge on any atom is 0.211 e. The fraction of sp³-hybridized carbons (Fsp3) is 0.360. The van der Waals surface area contributed by atoms with E-state index in [0.29, 0.717) is 5.92 Å². The van der Waals surface area contributed by atoms with E-state index < -0.39 is 0 Å². The van der Waals surface area contributed by atoms with E-state index in [9.17, 15) is 0 Å². The van der Waals surface area contributed by atoms with E-state index in [1.807, 2.05) is 47.1 Å². The highest BCUT2D eigenvalue weighted by Crippen LogP contribution is 2.34. The topological polar surface area (TPSA) is 57.3 Å². The van der Waals surface area contributed by atoms with Crippen LogP contribution in [0.25, 0.3) is 11.3 Å². The molecule has 0 bridgehead atoms. The van der Waals surface area contributed by atoms with Crippen molar-refractivity contribution in [1.29, 1.82) is 0 Å². The minimum absolute atomic E-state index is 0.651. The molecule has 0 saturated heterocycles. The standard InChI is InChI=1S/C25H29N3O3S/c1-17-6-5-7-19(14-17)27-28-23(22-15-21(30-3)12-13-24(22)31-4)16-32-25(28)26-18-8-10-20(29-2)11-9-18/h8-13,15-17H,5-7,14H2,1-4H3. The molecule has 1 unspecified atom stereocenters. The maximum atomic E-state index is 5.66. The van der Waals surface area contributed by atoms with Crippen molar-refractivity contribution in [3.8, 4) is 28.5 Å². The Labute approximate surface area is 192 Å². The molecule has 0 N–H and O–H groups in total. The van der Waals surface area contributed by atoms with Gasteiger partial charge in [0.05, 0.1) is 32.7 Å². The van der Waals surface area contributed by atoms with E-state index in [-0.39, 0.29) is 0 Å². The van der Waals surface area contributed by atoms with Crippen LogP contribution < -0.4 is 19.0 Å². The molecule has 32 heavy (non-hydrogen) atoms. The summed E-state index contributed by atoms with van der Waals surface area (Å²) in [6.45, 7) is 2.29. The van der Waals surface area contributed by atoms with Crippen molar-refractivity contribution in [2.45, 2.75) is 32.6 Å². The lowest BCUT2D eigenvalue weighted by molar-refractivity contribution is 0.404. The average Bonchev–Trinajstić information content (AvgIpc) is 3.20. The van der Waals surface area contributed by atoms with Crippen LogP contribution in [0.2, 0.25) is 0 Å². The molecule has 168 valence electrons. The lowest BCUT2D eigenvalue weighted by Crippen LogP contribution is -2.18. The van der Waals surface area contributed by atoms with E-state index in [0.717, 1.165) is 51.8 Å². The van der Waals surface area contributed by atoms with Crippen molar-refractivity contribution in [3.05, 3.63) is 52.6 Å². The van der Waals surface area contributed by atoms with Crippen molar-refractivity contribution in [2.24, 2.45) is 16.0 Å². The van der Waals surface area contributed by atoms with Gasteiger partial charge in [0.15, 0.2) is 0 Å². The van der Waals surface area contributed by atoms with E-state index in [2.05, 4.69) is 12.3 Å². The molecule has 1 aliphatic rings. The minimum Gasteiger partial charge on any atom is -0.497 e. The summed E-state index contributed by atoms with van der Waals surface area (Å²) in [6, 6.07) is 13.5. The molecule has 1 heterocycles. The van der Waals surface area contributed by atoms with E-state index in [1.54, 1.807) is 32.7 Å². The first-order valence-electron chi connectivity index (χ1n) is 10.8. The van der Waals surface area contributed by atoms with Crippen LogP contribution in [0.4, 0.5) is 5.69 Å². The molecule has 1 aromatic heterocycles. The van der Waals surface area contributed by atoms with Gasteiger partial charge in [0, 0.05) is 16.7 Å². The fourth-order valence-electron chi connectivity index (χ4n) is 3.93. The second-order valence-corrected chi connectivity index (χ2v) is 8.80. The predicted octanol–water partition coefficient (Wildman–Crippen LogP) is 5.89. The first-order chi connectivity index (χ1) is 15.6. The molecular weight excluding hydrogens is 422 g/mol. The number of thiazole rings is 1. The van der Waals surface area contributed by atoms with Gasteiger partial charge < -0.3 is 14.2 Å². The smallest absolute Gasteiger partial charge is 0.211 e. The highest BCUT2D eigenvalue weighted by atomic mass is 32.1. The molecule has 0 aliphatic heterocycles. The van der Waals surface area contributed by atoms with Crippen LogP contribution in [-0.2, 0) is 0 Å². The van der Waals surface area contributed by atoms with Crippen LogP contribution in [0.15, 0.2) is 57.9 Å². The second kappa shape index (κ2) is 10.0. The Kier molecular flexibility index (Phi) is 6.95. The second-order valence-electron chi connectivity index (χ2n) is 7.96. The van der Waals surface area contributed by atoms with Crippen molar-refractivity contribution in [2.75, 3.05) is 21.3 Å². The quantitative estimate of drug-likeness (QED) is 0.470. The summed E-state index contributed by atoms with van der Waals surface area (Å²) in [7, 11) is 5.01. The predicted molar refractivity (Wildman–Crippen MR) is 130 cm³/mol. The molecule has 1 fully saturated rings. The Morgan fingerprint density at radius 3 is 2.41 bits per heavy atom. The molecular formula is C25H29N3O3S.